The summed E-state index contributed by atoms with van der Waals surface area (Å²) in [5, 5.41) is 0.731. The largest absolute Gasteiger partial charge is 0.496 e. The fourth-order valence-electron chi connectivity index (χ4n) is 10.8. The molecule has 0 atom stereocenters. The van der Waals surface area contributed by atoms with Crippen molar-refractivity contribution in [2.24, 2.45) is 5.41 Å². The van der Waals surface area contributed by atoms with Crippen molar-refractivity contribution in [2.75, 3.05) is 27.4 Å². The van der Waals surface area contributed by atoms with Crippen molar-refractivity contribution in [1.82, 2.24) is 0 Å². The second kappa shape index (κ2) is 46.8. The molecule has 0 unspecified atom stereocenters. The van der Waals surface area contributed by atoms with Crippen molar-refractivity contribution in [3.8, 4) is 11.5 Å². The maximum atomic E-state index is 12.0. The fourth-order valence-corrected chi connectivity index (χ4v) is 13.6. The minimum absolute atomic E-state index is 0.0417. The van der Waals surface area contributed by atoms with Gasteiger partial charge in [-0.25, -0.2) is 0 Å². The van der Waals surface area contributed by atoms with Gasteiger partial charge in [0, 0.05) is 51.2 Å². The number of allylic oxidation sites excluding steroid dienone is 10. The monoisotopic (exact) mass is 1820 g/mol. The average Bonchev–Trinajstić information content (AvgIpc) is 0.765. The lowest BCUT2D eigenvalue weighted by Crippen LogP contribution is -2.35. The molecule has 13 rings (SSSR count). The van der Waals surface area contributed by atoms with Crippen LogP contribution in [0.25, 0.3) is 0 Å². The normalized spacial score (nSPS) is 13.6. The van der Waals surface area contributed by atoms with E-state index in [1.54, 1.807) is 26.4 Å². The van der Waals surface area contributed by atoms with Gasteiger partial charge in [0.25, 0.3) is 0 Å². The second-order valence-electron chi connectivity index (χ2n) is 25.6. The number of benzene rings is 10. The molecule has 0 N–H and O–H groups in total. The summed E-state index contributed by atoms with van der Waals surface area (Å²) in [6.45, 7) is 9.67. The third kappa shape index (κ3) is 30.2. The third-order valence-corrected chi connectivity index (χ3v) is 21.9. The minimum Gasteiger partial charge on any atom is -0.496 e. The van der Waals surface area contributed by atoms with Crippen LogP contribution in [0.1, 0.15) is 103 Å². The van der Waals surface area contributed by atoms with E-state index in [0.29, 0.717) is 26.1 Å². The number of halogens is 8. The van der Waals surface area contributed by atoms with Crippen LogP contribution in [0.3, 0.4) is 0 Å². The van der Waals surface area contributed by atoms with E-state index < -0.39 is 21.2 Å². The highest BCUT2D eigenvalue weighted by atomic mass is 79.9. The number of hydrogen-bond acceptors (Lipinski definition) is 11. The lowest BCUT2D eigenvalue weighted by atomic mass is 9.83. The van der Waals surface area contributed by atoms with Gasteiger partial charge >= 0.3 is 6.18 Å². The van der Waals surface area contributed by atoms with Gasteiger partial charge < -0.3 is 18.9 Å². The van der Waals surface area contributed by atoms with Crippen molar-refractivity contribution >= 4 is 186 Å². The fraction of sp³-hybridized carbons (Fsp3) is 0.160. The van der Waals surface area contributed by atoms with E-state index in [1.807, 2.05) is 269 Å². The molecule has 0 saturated carbocycles. The second-order valence-corrected chi connectivity index (χ2v) is 32.2. The van der Waals surface area contributed by atoms with Gasteiger partial charge in [0.1, 0.15) is 20.7 Å². The number of hydrogen-bond donors (Lipinski definition) is 0. The SMILES string of the molecule is CC1(C)C=CC(C(=S)c2ccccc2)=CC1.CCOC1(OCC)C=CC(C(=S)c2ccccc2)=CC1.COc1ccccc1C(=S)c1ccccc1OC.FC(F)(F)C(=S)c1ccccc1.S=C(C1=CCC(Cl)(Cl)C=C1)c1ccccc1.S=C(c1ccc(Br)cc1)c1ccc(Br)cc1.S=C(c1ccccc1)c1ccc(Cl)cc1. The summed E-state index contributed by atoms with van der Waals surface area (Å²) in [4.78, 5) is 4.14. The van der Waals surface area contributed by atoms with Crippen LogP contribution in [0.4, 0.5) is 13.2 Å². The predicted octanol–water partition coefficient (Wildman–Crippen LogP) is 28.4. The van der Waals surface area contributed by atoms with Crippen LogP contribution in [0.5, 0.6) is 11.5 Å². The number of methoxy groups -OCH3 is 2. The Morgan fingerprint density at radius 2 is 0.673 bits per heavy atom. The summed E-state index contributed by atoms with van der Waals surface area (Å²) in [5.74, 6) is 0.918. The standard InChI is InChI=1S/C17H20O2S.C15H14O2S.C15H16S.C13H8Br2S.C13H10Cl2S.C13H9ClS.C8H5F3S/c1-3-18-17(19-4-2)12-10-15(11-13-17)16(20)14-8-6-5-7-9-14;1-16-13-9-5-3-7-11(13)15(18)12-8-4-6-10-14(12)17-2;1-15(2)10-8-13(9-11-15)14(16)12-6-4-3-5-7-12;14-11-5-1-9(2-6-11)13(16)10-3-7-12(15)8-4-10;14-13(15)8-6-11(7-9-13)12(16)10-4-2-1-3-5-10;14-12-8-6-11(7-9-12)13(15)10-4-2-1-3-5-10;9-8(10,11)7(12)6-4-2-1-3-5-6/h5-12H,3-4,13H2,1-2H3;3-10H,1-2H3;3-10H,11H2,1-2H3;1-8H;1-8H,9H2;1-9H;1-5H. The molecule has 3 aliphatic rings. The van der Waals surface area contributed by atoms with Gasteiger partial charge in [0.15, 0.2) is 5.79 Å². The molecule has 3 aliphatic carbocycles. The Morgan fingerprint density at radius 1 is 0.372 bits per heavy atom. The molecular weight excluding hydrogens is 1740 g/mol. The zero-order valence-electron chi connectivity index (χ0n) is 62.7. The first-order valence-electron chi connectivity index (χ1n) is 35.6. The molecule has 0 bridgehead atoms. The highest BCUT2D eigenvalue weighted by Crippen LogP contribution is 2.35. The van der Waals surface area contributed by atoms with Crippen LogP contribution in [-0.2, 0) is 9.47 Å². The van der Waals surface area contributed by atoms with Crippen LogP contribution in [0.2, 0.25) is 5.02 Å². The van der Waals surface area contributed by atoms with Crippen molar-refractivity contribution in [3.05, 3.63) is 414 Å². The Bertz CT molecular complexity index is 4830. The quantitative estimate of drug-likeness (QED) is 0.0336. The lowest BCUT2D eigenvalue weighted by molar-refractivity contribution is -0.197. The van der Waals surface area contributed by atoms with Crippen LogP contribution in [-0.4, -0.2) is 77.8 Å². The molecule has 580 valence electrons. The van der Waals surface area contributed by atoms with Gasteiger partial charge in [-0.05, 0) is 160 Å². The summed E-state index contributed by atoms with van der Waals surface area (Å²) in [6.07, 6.45) is 16.3. The van der Waals surface area contributed by atoms with E-state index in [4.69, 9.17) is 127 Å². The maximum absolute atomic E-state index is 12.0. The molecule has 4 nitrogen and oxygen atoms in total. The van der Waals surface area contributed by atoms with E-state index in [-0.39, 0.29) is 11.0 Å². The summed E-state index contributed by atoms with van der Waals surface area (Å²) in [6, 6.07) is 86.6. The molecular formula is C94H82Br2Cl3F3O4S7. The Labute approximate surface area is 732 Å². The summed E-state index contributed by atoms with van der Waals surface area (Å²) in [7, 11) is 3.29. The van der Waals surface area contributed by atoms with Crippen LogP contribution in [0.15, 0.2) is 353 Å². The van der Waals surface area contributed by atoms with Crippen molar-refractivity contribution in [3.63, 3.8) is 0 Å². The lowest BCUT2D eigenvalue weighted by Gasteiger charge is -2.31. The molecule has 10 aromatic rings. The molecule has 0 amide bonds. The van der Waals surface area contributed by atoms with Crippen molar-refractivity contribution < 1.29 is 32.1 Å². The first-order chi connectivity index (χ1) is 54.1. The Hall–Kier alpha value is -7.59. The van der Waals surface area contributed by atoms with E-state index in [2.05, 4.69) is 94.4 Å². The van der Waals surface area contributed by atoms with E-state index in [0.717, 1.165) is 122 Å². The maximum Gasteiger partial charge on any atom is 0.426 e. The molecule has 19 heteroatoms. The molecule has 0 fully saturated rings. The topological polar surface area (TPSA) is 36.9 Å². The van der Waals surface area contributed by atoms with Crippen LogP contribution >= 0.6 is 152 Å². The smallest absolute Gasteiger partial charge is 0.426 e. The Kier molecular flexibility index (Phi) is 38.4. The number of ether oxygens (including phenoxy) is 4. The zero-order valence-corrected chi connectivity index (χ0v) is 73.9. The molecule has 0 radical (unpaired) electrons. The van der Waals surface area contributed by atoms with Crippen LogP contribution in [0, 0.1) is 5.41 Å². The van der Waals surface area contributed by atoms with E-state index in [1.165, 1.54) is 29.8 Å². The summed E-state index contributed by atoms with van der Waals surface area (Å²) < 4.78 is 59.5. The summed E-state index contributed by atoms with van der Waals surface area (Å²) in [5.41, 5.74) is 12.8. The Morgan fingerprint density at radius 3 is 0.982 bits per heavy atom. The van der Waals surface area contributed by atoms with Gasteiger partial charge in [0.2, 0.25) is 0 Å². The molecule has 0 saturated heterocycles. The highest BCUT2D eigenvalue weighted by Gasteiger charge is 2.35. The molecule has 0 aromatic heterocycles. The summed E-state index contributed by atoms with van der Waals surface area (Å²) >= 11 is 61.6. The van der Waals surface area contributed by atoms with Gasteiger partial charge in [0.05, 0.1) is 43.4 Å². The van der Waals surface area contributed by atoms with Gasteiger partial charge in [-0.3, -0.25) is 0 Å². The van der Waals surface area contributed by atoms with Crippen molar-refractivity contribution in [1.29, 1.82) is 0 Å². The first kappa shape index (κ1) is 92.6. The van der Waals surface area contributed by atoms with Gasteiger partial charge in [-0.15, -0.1) is 0 Å². The van der Waals surface area contributed by atoms with Crippen LogP contribution < -0.4 is 9.47 Å². The number of para-hydroxylation sites is 2. The average molecular weight is 1820 g/mol. The molecule has 0 spiro atoms. The Balaban J connectivity index is 0.000000184. The van der Waals surface area contributed by atoms with E-state index in [9.17, 15) is 13.2 Å². The first-order valence-corrected chi connectivity index (χ1v) is 41.2. The van der Waals surface area contributed by atoms with Gasteiger partial charge in [-0.2, -0.15) is 13.2 Å². The predicted molar refractivity (Wildman–Crippen MR) is 503 cm³/mol. The number of rotatable bonds is 19. The van der Waals surface area contributed by atoms with Gasteiger partial charge in [-0.1, -0.05) is 421 Å². The molecule has 113 heavy (non-hydrogen) atoms. The molecule has 0 aliphatic heterocycles. The highest BCUT2D eigenvalue weighted by molar-refractivity contribution is 9.10. The zero-order chi connectivity index (χ0) is 82.0. The molecule has 10 aromatic carbocycles. The number of thiocarbonyl (C=S) groups is 7. The van der Waals surface area contributed by atoms with Crippen molar-refractivity contribution in [2.45, 2.75) is 63.3 Å². The van der Waals surface area contributed by atoms with E-state index >= 15 is 0 Å². The molecule has 0 heterocycles. The number of alkyl halides is 5. The third-order valence-electron chi connectivity index (χ3n) is 16.8. The minimum atomic E-state index is -4.41.